The number of esters is 1. The second-order valence-corrected chi connectivity index (χ2v) is 11.3. The summed E-state index contributed by atoms with van der Waals surface area (Å²) in [6.07, 6.45) is 5.65. The number of hydrogen-bond donors (Lipinski definition) is 3. The molecule has 1 unspecified atom stereocenters. The van der Waals surface area contributed by atoms with Crippen molar-refractivity contribution in [1.29, 1.82) is 0 Å². The van der Waals surface area contributed by atoms with Crippen molar-refractivity contribution in [3.05, 3.63) is 65.5 Å². The van der Waals surface area contributed by atoms with Gasteiger partial charge in [0.25, 0.3) is 5.91 Å². The molecule has 2 bridgehead atoms. The van der Waals surface area contributed by atoms with Crippen molar-refractivity contribution >= 4 is 23.3 Å². The van der Waals surface area contributed by atoms with Gasteiger partial charge in [0.1, 0.15) is 23.1 Å². The Balaban J connectivity index is 1.39. The number of halogens is 2. The predicted octanol–water partition coefficient (Wildman–Crippen LogP) is 4.81. The smallest absolute Gasteiger partial charge is 0.310 e. The van der Waals surface area contributed by atoms with E-state index in [1.54, 1.807) is 6.07 Å². The van der Waals surface area contributed by atoms with Gasteiger partial charge >= 0.3 is 5.97 Å². The zero-order valence-electron chi connectivity index (χ0n) is 25.0. The number of amides is 1. The molecule has 1 amide bonds. The van der Waals surface area contributed by atoms with E-state index in [4.69, 9.17) is 9.47 Å². The van der Waals surface area contributed by atoms with Crippen molar-refractivity contribution in [3.63, 3.8) is 0 Å². The maximum absolute atomic E-state index is 14.9. The number of carbonyl (C=O) groups excluding carboxylic acids is 2. The number of benzene rings is 2. The number of fused-ring (bicyclic) bond motifs is 2. The SMILES string of the molecule is CCCCCC(C)C(=O)O[C@]12C[C@@H](CN1)N(c1cc(CO)c(F)cc1NC(=O)c1ccnc(-c3c(F)cccc3OC)n1)C2. The van der Waals surface area contributed by atoms with Crippen LogP contribution in [0.15, 0.2) is 42.6 Å². The second-order valence-electron chi connectivity index (χ2n) is 11.3. The first-order valence-electron chi connectivity index (χ1n) is 14.8. The number of ether oxygens (including phenoxy) is 2. The van der Waals surface area contributed by atoms with Crippen LogP contribution < -0.4 is 20.3 Å². The summed E-state index contributed by atoms with van der Waals surface area (Å²) in [7, 11) is 1.39. The van der Waals surface area contributed by atoms with Crippen LogP contribution in [0.1, 0.15) is 62.0 Å². The zero-order valence-corrected chi connectivity index (χ0v) is 25.0. The van der Waals surface area contributed by atoms with Gasteiger partial charge in [-0.1, -0.05) is 39.2 Å². The number of unbranched alkanes of at least 4 members (excludes halogenated alkanes) is 2. The van der Waals surface area contributed by atoms with Crippen molar-refractivity contribution in [2.45, 2.75) is 64.3 Å². The van der Waals surface area contributed by atoms with Gasteiger partial charge in [0, 0.05) is 30.8 Å². The van der Waals surface area contributed by atoms with Crippen LogP contribution in [0.2, 0.25) is 0 Å². The Hall–Kier alpha value is -4.16. The summed E-state index contributed by atoms with van der Waals surface area (Å²) in [5.74, 6) is -2.35. The van der Waals surface area contributed by atoms with Gasteiger partial charge in [0.05, 0.1) is 43.1 Å². The summed E-state index contributed by atoms with van der Waals surface area (Å²) in [4.78, 5) is 36.7. The number of nitrogens with zero attached hydrogens (tertiary/aromatic N) is 3. The Morgan fingerprint density at radius 3 is 2.80 bits per heavy atom. The third kappa shape index (κ3) is 6.36. The number of hydrogen-bond acceptors (Lipinski definition) is 9. The largest absolute Gasteiger partial charge is 0.496 e. The van der Waals surface area contributed by atoms with Crippen molar-refractivity contribution < 1.29 is 33.0 Å². The van der Waals surface area contributed by atoms with E-state index in [0.717, 1.165) is 31.7 Å². The van der Waals surface area contributed by atoms with Crippen molar-refractivity contribution in [3.8, 4) is 17.1 Å². The topological polar surface area (TPSA) is 126 Å². The summed E-state index contributed by atoms with van der Waals surface area (Å²) >= 11 is 0. The quantitative estimate of drug-likeness (QED) is 0.196. The van der Waals surface area contributed by atoms with Crippen molar-refractivity contribution in [2.75, 3.05) is 30.4 Å². The van der Waals surface area contributed by atoms with E-state index in [2.05, 4.69) is 27.5 Å². The number of aromatic nitrogens is 2. The standard InChI is InChI=1S/C32H37F2N5O5/c1-4-5-6-8-19(2)31(42)44-32-15-21(16-36-32)39(18-32)26-13-20(17-40)23(34)14-25(26)38-30(41)24-11-12-35-29(37-24)28-22(33)9-7-10-27(28)43-3/h7,9-14,19,21,36,40H,4-6,8,15-18H2,1-3H3,(H,38,41)/t19?,21-,32-/m0/s1. The van der Waals surface area contributed by atoms with E-state index in [1.807, 2.05) is 11.8 Å². The Morgan fingerprint density at radius 1 is 1.23 bits per heavy atom. The molecule has 0 aliphatic carbocycles. The van der Waals surface area contributed by atoms with E-state index in [1.165, 1.54) is 37.6 Å². The minimum absolute atomic E-state index is 0.00352. The van der Waals surface area contributed by atoms with Gasteiger partial charge < -0.3 is 24.8 Å². The van der Waals surface area contributed by atoms with Crippen LogP contribution in [0.5, 0.6) is 5.75 Å². The molecule has 234 valence electrons. The van der Waals surface area contributed by atoms with Gasteiger partial charge in [0.2, 0.25) is 0 Å². The van der Waals surface area contributed by atoms with E-state index in [0.29, 0.717) is 18.7 Å². The van der Waals surface area contributed by atoms with Gasteiger partial charge in [-0.25, -0.2) is 18.7 Å². The molecule has 3 heterocycles. The number of piperazine rings is 1. The van der Waals surface area contributed by atoms with Crippen molar-refractivity contribution in [2.24, 2.45) is 5.92 Å². The third-order valence-electron chi connectivity index (χ3n) is 8.23. The summed E-state index contributed by atoms with van der Waals surface area (Å²) < 4.78 is 40.9. The van der Waals surface area contributed by atoms with Gasteiger partial charge in [-0.3, -0.25) is 14.9 Å². The lowest BCUT2D eigenvalue weighted by atomic mass is 10.0. The van der Waals surface area contributed by atoms with Crippen LogP contribution in [0.25, 0.3) is 11.4 Å². The highest BCUT2D eigenvalue weighted by Crippen LogP contribution is 2.42. The molecule has 2 aromatic carbocycles. The molecule has 5 rings (SSSR count). The molecule has 44 heavy (non-hydrogen) atoms. The van der Waals surface area contributed by atoms with Crippen LogP contribution in [0, 0.1) is 17.6 Å². The molecule has 0 saturated carbocycles. The second kappa shape index (κ2) is 13.2. The summed E-state index contributed by atoms with van der Waals surface area (Å²) in [5, 5.41) is 15.9. The maximum Gasteiger partial charge on any atom is 0.310 e. The Morgan fingerprint density at radius 2 is 2.05 bits per heavy atom. The van der Waals surface area contributed by atoms with Crippen LogP contribution in [-0.2, 0) is 16.1 Å². The van der Waals surface area contributed by atoms with Crippen LogP contribution in [0.3, 0.4) is 0 Å². The van der Waals surface area contributed by atoms with Crippen LogP contribution in [0.4, 0.5) is 20.2 Å². The third-order valence-corrected chi connectivity index (χ3v) is 8.23. The van der Waals surface area contributed by atoms with Gasteiger partial charge in [-0.2, -0.15) is 0 Å². The first-order valence-corrected chi connectivity index (χ1v) is 14.8. The van der Waals surface area contributed by atoms with E-state index in [9.17, 15) is 23.5 Å². The molecule has 2 aliphatic rings. The Kier molecular flexibility index (Phi) is 9.40. The number of aliphatic hydroxyl groups excluding tert-OH is 1. The highest BCUT2D eigenvalue weighted by molar-refractivity contribution is 6.05. The normalized spacial score (nSPS) is 19.6. The Bertz CT molecular complexity index is 1540. The summed E-state index contributed by atoms with van der Waals surface area (Å²) in [5.41, 5.74) is -0.325. The van der Waals surface area contributed by atoms with Crippen molar-refractivity contribution in [1.82, 2.24) is 15.3 Å². The lowest BCUT2D eigenvalue weighted by Crippen LogP contribution is -2.54. The van der Waals surface area contributed by atoms with Crippen LogP contribution >= 0.6 is 0 Å². The molecule has 2 fully saturated rings. The highest BCUT2D eigenvalue weighted by atomic mass is 19.1. The fourth-order valence-electron chi connectivity index (χ4n) is 5.82. The monoisotopic (exact) mass is 609 g/mol. The number of carbonyl (C=O) groups is 2. The van der Waals surface area contributed by atoms with E-state index >= 15 is 0 Å². The highest BCUT2D eigenvalue weighted by Gasteiger charge is 2.53. The molecule has 3 N–H and O–H groups in total. The number of methoxy groups -OCH3 is 1. The first-order chi connectivity index (χ1) is 21.2. The number of aliphatic hydroxyl groups is 1. The first kappa shape index (κ1) is 31.3. The summed E-state index contributed by atoms with van der Waals surface area (Å²) in [6.45, 7) is 4.22. The van der Waals surface area contributed by atoms with Gasteiger partial charge in [-0.05, 0) is 36.8 Å². The predicted molar refractivity (Wildman–Crippen MR) is 160 cm³/mol. The minimum atomic E-state index is -0.920. The minimum Gasteiger partial charge on any atom is -0.496 e. The summed E-state index contributed by atoms with van der Waals surface area (Å²) in [6, 6.07) is 8.18. The van der Waals surface area contributed by atoms with E-state index in [-0.39, 0.29) is 58.6 Å². The number of nitrogens with one attached hydrogen (secondary N) is 2. The van der Waals surface area contributed by atoms with Crippen LogP contribution in [-0.4, -0.2) is 58.9 Å². The molecular formula is C32H37F2N5O5. The molecule has 0 radical (unpaired) electrons. The molecule has 3 atom stereocenters. The molecule has 2 aliphatic heterocycles. The fourth-order valence-corrected chi connectivity index (χ4v) is 5.82. The lowest BCUT2D eigenvalue weighted by Gasteiger charge is -2.36. The lowest BCUT2D eigenvalue weighted by molar-refractivity contribution is -0.164. The molecule has 3 aromatic rings. The molecule has 10 nitrogen and oxygen atoms in total. The van der Waals surface area contributed by atoms with Gasteiger partial charge in [0.15, 0.2) is 11.5 Å². The zero-order chi connectivity index (χ0) is 31.4. The van der Waals surface area contributed by atoms with Gasteiger partial charge in [-0.15, -0.1) is 0 Å². The molecular weight excluding hydrogens is 572 g/mol. The average Bonchev–Trinajstić information content (AvgIpc) is 3.59. The average molecular weight is 610 g/mol. The number of rotatable bonds is 12. The van der Waals surface area contributed by atoms with E-state index < -0.39 is 29.9 Å². The Labute approximate surface area is 254 Å². The molecule has 1 aromatic heterocycles. The number of anilines is 2. The fraction of sp³-hybridized carbons (Fsp3) is 0.438. The maximum atomic E-state index is 14.9. The molecule has 12 heteroatoms. The molecule has 0 spiro atoms. The molecule has 2 saturated heterocycles.